The van der Waals surface area contributed by atoms with Crippen LogP contribution in [0.25, 0.3) is 0 Å². The Balaban J connectivity index is 2.44. The second-order valence-electron chi connectivity index (χ2n) is 4.28. The fraction of sp³-hybridized carbons (Fsp3) is 0.462. The quantitative estimate of drug-likeness (QED) is 0.706. The summed E-state index contributed by atoms with van der Waals surface area (Å²) in [7, 11) is 0. The predicted octanol–water partition coefficient (Wildman–Crippen LogP) is 0.673. The van der Waals surface area contributed by atoms with E-state index in [4.69, 9.17) is 11.2 Å². The van der Waals surface area contributed by atoms with Gasteiger partial charge in [-0.2, -0.15) is 4.98 Å². The second kappa shape index (κ2) is 7.93. The molecule has 0 spiro atoms. The van der Waals surface area contributed by atoms with Crippen LogP contribution in [-0.4, -0.2) is 35.6 Å². The SMILES string of the molecule is C#CCNC(=O)CNc1cncc(OCC(C)C)n1. The number of terminal acetylenes is 1. The Bertz CT molecular complexity index is 454. The van der Waals surface area contributed by atoms with Gasteiger partial charge in [-0.15, -0.1) is 6.42 Å². The van der Waals surface area contributed by atoms with Crippen LogP contribution in [0.1, 0.15) is 13.8 Å². The van der Waals surface area contributed by atoms with Crippen LogP contribution in [0.15, 0.2) is 12.4 Å². The molecule has 6 nitrogen and oxygen atoms in total. The first-order valence-electron chi connectivity index (χ1n) is 6.00. The van der Waals surface area contributed by atoms with Crippen molar-refractivity contribution in [2.45, 2.75) is 13.8 Å². The predicted molar refractivity (Wildman–Crippen MR) is 72.7 cm³/mol. The molecular weight excluding hydrogens is 244 g/mol. The maximum absolute atomic E-state index is 11.3. The van der Waals surface area contributed by atoms with E-state index in [1.807, 2.05) is 13.8 Å². The number of rotatable bonds is 7. The lowest BCUT2D eigenvalue weighted by molar-refractivity contribution is -0.119. The number of nitrogens with one attached hydrogen (secondary N) is 2. The Morgan fingerprint density at radius 3 is 3.00 bits per heavy atom. The largest absolute Gasteiger partial charge is 0.476 e. The Hall–Kier alpha value is -2.29. The van der Waals surface area contributed by atoms with E-state index in [0.29, 0.717) is 24.2 Å². The molecule has 1 rings (SSSR count). The third-order valence-electron chi connectivity index (χ3n) is 1.99. The van der Waals surface area contributed by atoms with Gasteiger partial charge in [0.1, 0.15) is 5.82 Å². The topological polar surface area (TPSA) is 76.1 Å². The summed E-state index contributed by atoms with van der Waals surface area (Å²) < 4.78 is 5.44. The monoisotopic (exact) mass is 262 g/mol. The maximum Gasteiger partial charge on any atom is 0.240 e. The molecule has 102 valence electrons. The van der Waals surface area contributed by atoms with Gasteiger partial charge in [0, 0.05) is 0 Å². The second-order valence-corrected chi connectivity index (χ2v) is 4.28. The van der Waals surface area contributed by atoms with Crippen molar-refractivity contribution in [2.24, 2.45) is 5.92 Å². The smallest absolute Gasteiger partial charge is 0.240 e. The summed E-state index contributed by atoms with van der Waals surface area (Å²) in [5.74, 6) is 3.45. The average molecular weight is 262 g/mol. The minimum absolute atomic E-state index is 0.0873. The van der Waals surface area contributed by atoms with Crippen molar-refractivity contribution >= 4 is 11.7 Å². The molecule has 6 heteroatoms. The standard InChI is InChI=1S/C13H18N4O2/c1-4-5-15-12(18)7-16-11-6-14-8-13(17-11)19-9-10(2)3/h1,6,8,10H,5,7,9H2,2-3H3,(H,15,18)(H,16,17). The third-order valence-corrected chi connectivity index (χ3v) is 1.99. The Kier molecular flexibility index (Phi) is 6.16. The van der Waals surface area contributed by atoms with E-state index in [-0.39, 0.29) is 19.0 Å². The van der Waals surface area contributed by atoms with Gasteiger partial charge in [0.05, 0.1) is 32.1 Å². The molecule has 0 atom stereocenters. The molecule has 0 unspecified atom stereocenters. The summed E-state index contributed by atoms with van der Waals surface area (Å²) in [5.41, 5.74) is 0. The van der Waals surface area contributed by atoms with Crippen LogP contribution in [0.4, 0.5) is 5.82 Å². The first-order chi connectivity index (χ1) is 9.11. The van der Waals surface area contributed by atoms with Crippen molar-refractivity contribution in [3.05, 3.63) is 12.4 Å². The van der Waals surface area contributed by atoms with Crippen LogP contribution in [0.5, 0.6) is 5.88 Å². The van der Waals surface area contributed by atoms with Crippen LogP contribution in [-0.2, 0) is 4.79 Å². The van der Waals surface area contributed by atoms with Crippen LogP contribution >= 0.6 is 0 Å². The maximum atomic E-state index is 11.3. The van der Waals surface area contributed by atoms with Crippen LogP contribution in [0.3, 0.4) is 0 Å². The number of nitrogens with zero attached hydrogens (tertiary/aromatic N) is 2. The van der Waals surface area contributed by atoms with E-state index in [2.05, 4.69) is 26.5 Å². The van der Waals surface area contributed by atoms with Gasteiger partial charge in [0.15, 0.2) is 0 Å². The Morgan fingerprint density at radius 1 is 1.53 bits per heavy atom. The normalized spacial score (nSPS) is 9.79. The van der Waals surface area contributed by atoms with Crippen molar-refractivity contribution in [2.75, 3.05) is 25.0 Å². The molecule has 2 N–H and O–H groups in total. The van der Waals surface area contributed by atoms with Gasteiger partial charge in [-0.25, -0.2) is 0 Å². The fourth-order valence-electron chi connectivity index (χ4n) is 1.14. The molecule has 0 fully saturated rings. The highest BCUT2D eigenvalue weighted by atomic mass is 16.5. The first-order valence-corrected chi connectivity index (χ1v) is 6.00. The highest BCUT2D eigenvalue weighted by molar-refractivity contribution is 5.80. The van der Waals surface area contributed by atoms with Gasteiger partial charge in [-0.1, -0.05) is 19.8 Å². The lowest BCUT2D eigenvalue weighted by atomic mass is 10.2. The van der Waals surface area contributed by atoms with Gasteiger partial charge >= 0.3 is 0 Å². The highest BCUT2D eigenvalue weighted by Gasteiger charge is 2.03. The summed E-state index contributed by atoms with van der Waals surface area (Å²) in [6, 6.07) is 0. The minimum Gasteiger partial charge on any atom is -0.476 e. The fourth-order valence-corrected chi connectivity index (χ4v) is 1.14. The number of amides is 1. The number of anilines is 1. The zero-order valence-electron chi connectivity index (χ0n) is 11.1. The number of carbonyl (C=O) groups excluding carboxylic acids is 1. The molecule has 1 aromatic rings. The molecule has 0 aliphatic carbocycles. The molecule has 0 radical (unpaired) electrons. The number of ether oxygens (including phenoxy) is 1. The Morgan fingerprint density at radius 2 is 2.32 bits per heavy atom. The molecule has 0 saturated carbocycles. The summed E-state index contributed by atoms with van der Waals surface area (Å²) in [4.78, 5) is 19.5. The zero-order chi connectivity index (χ0) is 14.1. The van der Waals surface area contributed by atoms with Gasteiger partial charge in [-0.05, 0) is 5.92 Å². The molecule has 0 aliphatic rings. The summed E-state index contributed by atoms with van der Waals surface area (Å²) in [5, 5.41) is 5.39. The van der Waals surface area contributed by atoms with Crippen LogP contribution < -0.4 is 15.4 Å². The molecule has 0 aromatic carbocycles. The van der Waals surface area contributed by atoms with E-state index >= 15 is 0 Å². The van der Waals surface area contributed by atoms with Crippen molar-refractivity contribution in [1.82, 2.24) is 15.3 Å². The zero-order valence-corrected chi connectivity index (χ0v) is 11.1. The third kappa shape index (κ3) is 6.27. The van der Waals surface area contributed by atoms with Crippen LogP contribution in [0.2, 0.25) is 0 Å². The van der Waals surface area contributed by atoms with Gasteiger partial charge < -0.3 is 15.4 Å². The van der Waals surface area contributed by atoms with Crippen LogP contribution in [0, 0.1) is 18.3 Å². The van der Waals surface area contributed by atoms with E-state index in [1.54, 1.807) is 0 Å². The first kappa shape index (κ1) is 14.8. The lowest BCUT2D eigenvalue weighted by Crippen LogP contribution is -2.30. The number of hydrogen-bond acceptors (Lipinski definition) is 5. The molecule has 1 aromatic heterocycles. The van der Waals surface area contributed by atoms with Crippen molar-refractivity contribution in [3.63, 3.8) is 0 Å². The van der Waals surface area contributed by atoms with E-state index in [0.717, 1.165) is 0 Å². The van der Waals surface area contributed by atoms with E-state index in [9.17, 15) is 4.79 Å². The number of carbonyl (C=O) groups is 1. The molecule has 1 amide bonds. The number of hydrogen-bond donors (Lipinski definition) is 2. The van der Waals surface area contributed by atoms with Crippen molar-refractivity contribution < 1.29 is 9.53 Å². The van der Waals surface area contributed by atoms with Crippen molar-refractivity contribution in [1.29, 1.82) is 0 Å². The Labute approximate surface area is 113 Å². The van der Waals surface area contributed by atoms with E-state index < -0.39 is 0 Å². The molecule has 0 saturated heterocycles. The molecule has 19 heavy (non-hydrogen) atoms. The highest BCUT2D eigenvalue weighted by Crippen LogP contribution is 2.09. The average Bonchev–Trinajstić information content (AvgIpc) is 2.41. The van der Waals surface area contributed by atoms with Gasteiger partial charge in [0.25, 0.3) is 0 Å². The summed E-state index contributed by atoms with van der Waals surface area (Å²) in [6.07, 6.45) is 8.10. The minimum atomic E-state index is -0.201. The molecule has 0 bridgehead atoms. The van der Waals surface area contributed by atoms with Gasteiger partial charge in [-0.3, -0.25) is 9.78 Å². The summed E-state index contributed by atoms with van der Waals surface area (Å²) >= 11 is 0. The molecule has 0 aliphatic heterocycles. The van der Waals surface area contributed by atoms with Crippen molar-refractivity contribution in [3.8, 4) is 18.2 Å². The molecular formula is C13H18N4O2. The number of aromatic nitrogens is 2. The van der Waals surface area contributed by atoms with E-state index in [1.165, 1.54) is 12.4 Å². The summed E-state index contributed by atoms with van der Waals surface area (Å²) in [6.45, 7) is 4.96. The lowest BCUT2D eigenvalue weighted by Gasteiger charge is -2.09. The van der Waals surface area contributed by atoms with Gasteiger partial charge in [0.2, 0.25) is 11.8 Å². The molecule has 1 heterocycles.